The highest BCUT2D eigenvalue weighted by atomic mass is 16.6. The predicted octanol–water partition coefficient (Wildman–Crippen LogP) is 7.71. The zero-order valence-electron chi connectivity index (χ0n) is 21.7. The molecule has 1 aliphatic carbocycles. The minimum Gasteiger partial charge on any atom is -0.494 e. The third kappa shape index (κ3) is 8.38. The molecule has 2 aliphatic heterocycles. The Labute approximate surface area is 217 Å². The molecular formula is C32H42O4. The molecule has 2 heterocycles. The molecule has 2 aromatic rings. The molecule has 2 saturated heterocycles. The quantitative estimate of drug-likeness (QED) is 0.178. The Hall–Kier alpha value is -2.30. The van der Waals surface area contributed by atoms with E-state index in [4.69, 9.17) is 18.9 Å². The first kappa shape index (κ1) is 25.4. The Morgan fingerprint density at radius 3 is 1.72 bits per heavy atom. The van der Waals surface area contributed by atoms with E-state index in [0.717, 1.165) is 63.6 Å². The van der Waals surface area contributed by atoms with Crippen molar-refractivity contribution in [1.29, 1.82) is 0 Å². The number of ether oxygens (including phenoxy) is 4. The highest BCUT2D eigenvalue weighted by molar-refractivity contribution is 5.67. The average molecular weight is 491 g/mol. The lowest BCUT2D eigenvalue weighted by Gasteiger charge is -2.23. The molecule has 3 aliphatic rings. The summed E-state index contributed by atoms with van der Waals surface area (Å²) in [6, 6.07) is 17.5. The van der Waals surface area contributed by atoms with Crippen LogP contribution in [-0.2, 0) is 9.47 Å². The maximum Gasteiger partial charge on any atom is 0.119 e. The van der Waals surface area contributed by atoms with E-state index in [-0.39, 0.29) is 0 Å². The van der Waals surface area contributed by atoms with Crippen LogP contribution in [0.2, 0.25) is 0 Å². The van der Waals surface area contributed by atoms with Crippen LogP contribution in [-0.4, -0.2) is 38.6 Å². The second kappa shape index (κ2) is 13.3. The van der Waals surface area contributed by atoms with Crippen molar-refractivity contribution in [2.75, 3.05) is 26.4 Å². The number of benzene rings is 2. The molecule has 0 saturated carbocycles. The molecule has 0 amide bonds. The van der Waals surface area contributed by atoms with Gasteiger partial charge in [0.1, 0.15) is 11.5 Å². The molecule has 0 aromatic heterocycles. The van der Waals surface area contributed by atoms with Crippen molar-refractivity contribution in [2.45, 2.75) is 88.8 Å². The van der Waals surface area contributed by atoms with Crippen LogP contribution in [0.1, 0.15) is 87.7 Å². The van der Waals surface area contributed by atoms with E-state index in [0.29, 0.717) is 18.1 Å². The topological polar surface area (TPSA) is 43.5 Å². The van der Waals surface area contributed by atoms with Gasteiger partial charge >= 0.3 is 0 Å². The molecule has 2 fully saturated rings. The fourth-order valence-corrected chi connectivity index (χ4v) is 5.15. The van der Waals surface area contributed by atoms with Crippen LogP contribution in [0, 0.1) is 0 Å². The SMILES string of the molecule is C1=C(c2ccc(OCCCCCC3CO3)cc2)CCC(c2ccc(OCCCCCC3CO3)cc2)C1. The third-order valence-corrected chi connectivity index (χ3v) is 7.67. The first-order chi connectivity index (χ1) is 17.8. The molecule has 3 atom stereocenters. The molecule has 0 bridgehead atoms. The number of allylic oxidation sites excluding steroid dienone is 2. The van der Waals surface area contributed by atoms with Gasteiger partial charge in [-0.1, -0.05) is 43.2 Å². The van der Waals surface area contributed by atoms with Gasteiger partial charge < -0.3 is 18.9 Å². The first-order valence-electron chi connectivity index (χ1n) is 14.2. The third-order valence-electron chi connectivity index (χ3n) is 7.67. The van der Waals surface area contributed by atoms with Crippen LogP contribution in [0.4, 0.5) is 0 Å². The first-order valence-corrected chi connectivity index (χ1v) is 14.2. The summed E-state index contributed by atoms with van der Waals surface area (Å²) in [6.07, 6.45) is 16.6. The van der Waals surface area contributed by atoms with Gasteiger partial charge in [-0.15, -0.1) is 0 Å². The average Bonchev–Trinajstić information content (AvgIpc) is 3.85. The maximum atomic E-state index is 5.95. The molecule has 0 spiro atoms. The van der Waals surface area contributed by atoms with Crippen LogP contribution in [0.3, 0.4) is 0 Å². The second-order valence-corrected chi connectivity index (χ2v) is 10.6. The standard InChI is InChI=1S/C32H42O4/c1(3-7-31-23-35-31)5-21-33-29-17-13-27(14-18-29)25-9-11-26(12-10-25)28-15-19-30(20-16-28)34-22-6-2-4-8-32-24-36-32/h9,13-20,26,31-32H,1-8,10-12,21-24H2. The smallest absolute Gasteiger partial charge is 0.119 e. The van der Waals surface area contributed by atoms with E-state index in [1.165, 1.54) is 61.6 Å². The minimum atomic E-state index is 0.556. The van der Waals surface area contributed by atoms with Gasteiger partial charge in [-0.2, -0.15) is 0 Å². The van der Waals surface area contributed by atoms with Crippen molar-refractivity contribution in [3.8, 4) is 11.5 Å². The van der Waals surface area contributed by atoms with Crippen LogP contribution in [0.5, 0.6) is 11.5 Å². The van der Waals surface area contributed by atoms with E-state index in [2.05, 4.69) is 54.6 Å². The highest BCUT2D eigenvalue weighted by Gasteiger charge is 2.21. The largest absolute Gasteiger partial charge is 0.494 e. The van der Waals surface area contributed by atoms with Crippen molar-refractivity contribution in [2.24, 2.45) is 0 Å². The molecular weight excluding hydrogens is 448 g/mol. The van der Waals surface area contributed by atoms with Gasteiger partial charge in [0.15, 0.2) is 0 Å². The van der Waals surface area contributed by atoms with Crippen LogP contribution in [0.25, 0.3) is 5.57 Å². The van der Waals surface area contributed by atoms with Crippen molar-refractivity contribution in [1.82, 2.24) is 0 Å². The molecule has 5 rings (SSSR count). The summed E-state index contributed by atoms with van der Waals surface area (Å²) in [5.41, 5.74) is 4.22. The zero-order chi connectivity index (χ0) is 24.4. The Bertz CT molecular complexity index is 941. The van der Waals surface area contributed by atoms with Crippen molar-refractivity contribution in [3.05, 3.63) is 65.7 Å². The van der Waals surface area contributed by atoms with Crippen molar-refractivity contribution in [3.63, 3.8) is 0 Å². The fourth-order valence-electron chi connectivity index (χ4n) is 5.15. The summed E-state index contributed by atoms with van der Waals surface area (Å²) in [7, 11) is 0. The lowest BCUT2D eigenvalue weighted by Crippen LogP contribution is -2.04. The van der Waals surface area contributed by atoms with Crippen LogP contribution in [0.15, 0.2) is 54.6 Å². The Balaban J connectivity index is 0.992. The van der Waals surface area contributed by atoms with Gasteiger partial charge in [0, 0.05) is 0 Å². The van der Waals surface area contributed by atoms with E-state index in [1.54, 1.807) is 0 Å². The molecule has 2 aromatic carbocycles. The lowest BCUT2D eigenvalue weighted by molar-refractivity contribution is 0.302. The highest BCUT2D eigenvalue weighted by Crippen LogP contribution is 2.37. The number of rotatable bonds is 16. The molecule has 36 heavy (non-hydrogen) atoms. The van der Waals surface area contributed by atoms with E-state index in [1.807, 2.05) is 0 Å². The molecule has 0 N–H and O–H groups in total. The summed E-state index contributed by atoms with van der Waals surface area (Å²) >= 11 is 0. The normalized spacial score (nSPS) is 22.7. The van der Waals surface area contributed by atoms with Gasteiger partial charge in [0.25, 0.3) is 0 Å². The minimum absolute atomic E-state index is 0.556. The summed E-state index contributed by atoms with van der Waals surface area (Å²) in [4.78, 5) is 0. The van der Waals surface area contributed by atoms with Crippen molar-refractivity contribution < 1.29 is 18.9 Å². The lowest BCUT2D eigenvalue weighted by atomic mass is 9.83. The number of epoxide rings is 2. The summed E-state index contributed by atoms with van der Waals surface area (Å²) in [6.45, 7) is 3.55. The molecule has 3 unspecified atom stereocenters. The predicted molar refractivity (Wildman–Crippen MR) is 145 cm³/mol. The number of hydrogen-bond acceptors (Lipinski definition) is 4. The molecule has 4 nitrogen and oxygen atoms in total. The van der Waals surface area contributed by atoms with E-state index >= 15 is 0 Å². The van der Waals surface area contributed by atoms with Gasteiger partial charge in [0.05, 0.1) is 38.6 Å². The van der Waals surface area contributed by atoms with Gasteiger partial charge in [-0.05, 0) is 105 Å². The fraction of sp³-hybridized carbons (Fsp3) is 0.562. The van der Waals surface area contributed by atoms with Crippen molar-refractivity contribution >= 4 is 5.57 Å². The zero-order valence-corrected chi connectivity index (χ0v) is 21.7. The van der Waals surface area contributed by atoms with E-state index in [9.17, 15) is 0 Å². The molecule has 4 heteroatoms. The summed E-state index contributed by atoms with van der Waals surface area (Å²) < 4.78 is 22.4. The Kier molecular flexibility index (Phi) is 9.37. The number of unbranched alkanes of at least 4 members (excludes halogenated alkanes) is 4. The maximum absolute atomic E-state index is 5.95. The Morgan fingerprint density at radius 2 is 1.22 bits per heavy atom. The van der Waals surface area contributed by atoms with E-state index < -0.39 is 0 Å². The molecule has 0 radical (unpaired) electrons. The van der Waals surface area contributed by atoms with Crippen LogP contribution >= 0.6 is 0 Å². The van der Waals surface area contributed by atoms with Gasteiger partial charge in [-0.3, -0.25) is 0 Å². The Morgan fingerprint density at radius 1 is 0.667 bits per heavy atom. The second-order valence-electron chi connectivity index (χ2n) is 10.6. The molecule has 194 valence electrons. The van der Waals surface area contributed by atoms with Gasteiger partial charge in [0.2, 0.25) is 0 Å². The van der Waals surface area contributed by atoms with Gasteiger partial charge in [-0.25, -0.2) is 0 Å². The summed E-state index contributed by atoms with van der Waals surface area (Å²) in [5.74, 6) is 2.57. The number of hydrogen-bond donors (Lipinski definition) is 0. The monoisotopic (exact) mass is 490 g/mol. The summed E-state index contributed by atoms with van der Waals surface area (Å²) in [5, 5.41) is 0. The van der Waals surface area contributed by atoms with Crippen LogP contribution < -0.4 is 9.47 Å².